The lowest BCUT2D eigenvalue weighted by molar-refractivity contribution is 0.0812. The van der Waals surface area contributed by atoms with Crippen LogP contribution in [0.3, 0.4) is 0 Å². The van der Waals surface area contributed by atoms with Crippen molar-refractivity contribution in [3.63, 3.8) is 0 Å². The number of fused-ring (bicyclic) bond motifs is 1. The van der Waals surface area contributed by atoms with Gasteiger partial charge in [0.1, 0.15) is 11.4 Å². The van der Waals surface area contributed by atoms with Gasteiger partial charge in [0, 0.05) is 61.1 Å². The molecule has 186 valence electrons. The van der Waals surface area contributed by atoms with Crippen LogP contribution < -0.4 is 4.74 Å². The minimum absolute atomic E-state index is 0.0767. The zero-order valence-electron chi connectivity index (χ0n) is 19.6. The van der Waals surface area contributed by atoms with Gasteiger partial charge >= 0.3 is 6.09 Å². The minimum Gasteiger partial charge on any atom is -0.465 e. The van der Waals surface area contributed by atoms with Gasteiger partial charge in [-0.15, -0.1) is 11.3 Å². The summed E-state index contributed by atoms with van der Waals surface area (Å²) in [6.45, 7) is 2.45. The molecule has 10 nitrogen and oxygen atoms in total. The van der Waals surface area contributed by atoms with Crippen molar-refractivity contribution in [2.45, 2.75) is 43.7 Å². The second-order valence-electron chi connectivity index (χ2n) is 9.76. The molecule has 2 aliphatic heterocycles. The Kier molecular flexibility index (Phi) is 5.21. The molecule has 0 bridgehead atoms. The summed E-state index contributed by atoms with van der Waals surface area (Å²) in [5, 5.41) is 18.5. The summed E-state index contributed by atoms with van der Waals surface area (Å²) >= 11 is 1.63. The highest BCUT2D eigenvalue weighted by Crippen LogP contribution is 2.43. The lowest BCUT2D eigenvalue weighted by Gasteiger charge is -2.36. The average molecular weight is 507 g/mol. The van der Waals surface area contributed by atoms with E-state index in [1.54, 1.807) is 17.5 Å². The average Bonchev–Trinajstić information content (AvgIpc) is 3.24. The number of aromatic nitrogens is 5. The van der Waals surface area contributed by atoms with E-state index in [0.717, 1.165) is 63.9 Å². The molecule has 2 saturated heterocycles. The molecule has 0 unspecified atom stereocenters. The molecule has 1 aliphatic carbocycles. The predicted molar refractivity (Wildman–Crippen MR) is 133 cm³/mol. The van der Waals surface area contributed by atoms with Gasteiger partial charge in [-0.1, -0.05) is 0 Å². The van der Waals surface area contributed by atoms with Gasteiger partial charge in [0.15, 0.2) is 5.75 Å². The van der Waals surface area contributed by atoms with E-state index in [4.69, 9.17) is 19.7 Å². The second kappa shape index (κ2) is 8.59. The third-order valence-corrected chi connectivity index (χ3v) is 8.43. The Hall–Kier alpha value is -3.44. The first kappa shape index (κ1) is 21.8. The van der Waals surface area contributed by atoms with Crippen molar-refractivity contribution in [3.8, 4) is 21.9 Å². The van der Waals surface area contributed by atoms with Crippen LogP contribution in [0.2, 0.25) is 0 Å². The highest BCUT2D eigenvalue weighted by atomic mass is 32.1. The van der Waals surface area contributed by atoms with E-state index in [1.807, 2.05) is 23.1 Å². The molecular formula is C25H26N6O4S. The summed E-state index contributed by atoms with van der Waals surface area (Å²) in [5.41, 5.74) is 2.90. The van der Waals surface area contributed by atoms with Crippen molar-refractivity contribution in [3.05, 3.63) is 42.6 Å². The molecule has 0 atom stereocenters. The molecule has 0 spiro atoms. The van der Waals surface area contributed by atoms with Crippen LogP contribution in [-0.4, -0.2) is 66.9 Å². The van der Waals surface area contributed by atoms with Gasteiger partial charge in [0.05, 0.1) is 34.7 Å². The van der Waals surface area contributed by atoms with Crippen LogP contribution in [-0.2, 0) is 4.74 Å². The fourth-order valence-electron chi connectivity index (χ4n) is 4.95. The Morgan fingerprint density at radius 1 is 1.08 bits per heavy atom. The number of hydrogen-bond acceptors (Lipinski definition) is 7. The van der Waals surface area contributed by atoms with Crippen molar-refractivity contribution in [1.82, 2.24) is 29.4 Å². The molecule has 6 heterocycles. The summed E-state index contributed by atoms with van der Waals surface area (Å²) in [4.78, 5) is 18.1. The number of carbonyl (C=O) groups is 1. The molecule has 7 rings (SSSR count). The number of nitrogens with zero attached hydrogens (tertiary/aromatic N) is 6. The van der Waals surface area contributed by atoms with E-state index in [-0.39, 0.29) is 6.04 Å². The zero-order chi connectivity index (χ0) is 24.2. The van der Waals surface area contributed by atoms with Gasteiger partial charge in [-0.25, -0.2) is 4.79 Å². The monoisotopic (exact) mass is 506 g/mol. The molecule has 3 aliphatic rings. The zero-order valence-corrected chi connectivity index (χ0v) is 20.4. The van der Waals surface area contributed by atoms with Crippen LogP contribution in [0.25, 0.3) is 20.7 Å². The molecule has 36 heavy (non-hydrogen) atoms. The molecule has 0 aromatic carbocycles. The van der Waals surface area contributed by atoms with Crippen molar-refractivity contribution in [2.75, 3.05) is 26.3 Å². The van der Waals surface area contributed by atoms with Crippen molar-refractivity contribution in [2.24, 2.45) is 0 Å². The molecule has 3 fully saturated rings. The van der Waals surface area contributed by atoms with Gasteiger partial charge in [-0.05, 0) is 31.7 Å². The SMILES string of the molecule is O=C(O)N1CC(n2cc(-c3cc4nccc(Oc5cn(C6CC6)nc5C5CCOCC5)c4s3)cn2)C1. The number of likely N-dealkylation sites (tertiary alicyclic amines) is 1. The molecule has 11 heteroatoms. The van der Waals surface area contributed by atoms with E-state index in [0.29, 0.717) is 25.0 Å². The normalized spacial score (nSPS) is 19.1. The Bertz CT molecular complexity index is 1430. The number of hydrogen-bond donors (Lipinski definition) is 1. The largest absolute Gasteiger partial charge is 0.465 e. The Morgan fingerprint density at radius 3 is 2.69 bits per heavy atom. The maximum Gasteiger partial charge on any atom is 0.407 e. The molecule has 1 amide bonds. The molecule has 1 saturated carbocycles. The number of rotatable bonds is 6. The molecule has 1 N–H and O–H groups in total. The second-order valence-corrected chi connectivity index (χ2v) is 10.8. The fourth-order valence-corrected chi connectivity index (χ4v) is 5.99. The third-order valence-electron chi connectivity index (χ3n) is 7.24. The van der Waals surface area contributed by atoms with Gasteiger partial charge < -0.3 is 19.5 Å². The molecule has 0 radical (unpaired) electrons. The van der Waals surface area contributed by atoms with Gasteiger partial charge in [-0.2, -0.15) is 10.2 Å². The topological polar surface area (TPSA) is 108 Å². The van der Waals surface area contributed by atoms with E-state index >= 15 is 0 Å². The summed E-state index contributed by atoms with van der Waals surface area (Å²) in [7, 11) is 0. The Morgan fingerprint density at radius 2 is 1.92 bits per heavy atom. The summed E-state index contributed by atoms with van der Waals surface area (Å²) in [6.07, 6.45) is 11.0. The van der Waals surface area contributed by atoms with Crippen LogP contribution in [0.5, 0.6) is 11.5 Å². The van der Waals surface area contributed by atoms with Crippen LogP contribution in [0.15, 0.2) is 36.9 Å². The molecule has 4 aromatic rings. The Balaban J connectivity index is 1.17. The quantitative estimate of drug-likeness (QED) is 0.396. The number of thiophene rings is 1. The Labute approximate surface area is 211 Å². The summed E-state index contributed by atoms with van der Waals surface area (Å²) in [5.74, 6) is 1.96. The van der Waals surface area contributed by atoms with E-state index in [1.165, 1.54) is 17.7 Å². The smallest absolute Gasteiger partial charge is 0.407 e. The van der Waals surface area contributed by atoms with Crippen molar-refractivity contribution < 1.29 is 19.4 Å². The maximum atomic E-state index is 11.1. The molecule has 4 aromatic heterocycles. The van der Waals surface area contributed by atoms with Crippen LogP contribution >= 0.6 is 11.3 Å². The maximum absolute atomic E-state index is 11.1. The highest BCUT2D eigenvalue weighted by molar-refractivity contribution is 7.22. The lowest BCUT2D eigenvalue weighted by Crippen LogP contribution is -2.50. The highest BCUT2D eigenvalue weighted by Gasteiger charge is 2.33. The predicted octanol–water partition coefficient (Wildman–Crippen LogP) is 4.91. The first-order chi connectivity index (χ1) is 17.6. The summed E-state index contributed by atoms with van der Waals surface area (Å²) < 4.78 is 17.1. The fraction of sp³-hybridized carbons (Fsp3) is 0.440. The minimum atomic E-state index is -0.885. The van der Waals surface area contributed by atoms with E-state index < -0.39 is 6.09 Å². The van der Waals surface area contributed by atoms with Crippen molar-refractivity contribution >= 4 is 27.6 Å². The number of ether oxygens (including phenoxy) is 2. The van der Waals surface area contributed by atoms with Crippen LogP contribution in [0, 0.1) is 0 Å². The van der Waals surface area contributed by atoms with Gasteiger partial charge in [0.25, 0.3) is 0 Å². The van der Waals surface area contributed by atoms with Crippen LogP contribution in [0.1, 0.15) is 49.4 Å². The summed E-state index contributed by atoms with van der Waals surface area (Å²) in [6, 6.07) is 4.55. The van der Waals surface area contributed by atoms with Crippen molar-refractivity contribution in [1.29, 1.82) is 0 Å². The third kappa shape index (κ3) is 3.92. The number of carboxylic acid groups (broad SMARTS) is 1. The first-order valence-electron chi connectivity index (χ1n) is 12.4. The van der Waals surface area contributed by atoms with E-state index in [9.17, 15) is 4.79 Å². The number of pyridine rings is 1. The standard InChI is InChI=1S/C25H26N6O4S/c32-25(33)29-12-18(13-29)30-11-16(10-27-30)22-9-19-24(36-22)20(3-6-26-19)35-21-14-31(17-1-2-17)28-23(21)15-4-7-34-8-5-15/h3,6,9-11,14-15,17-18H,1-2,4-5,7-8,12-13H2,(H,32,33). The molecular weight excluding hydrogens is 480 g/mol. The lowest BCUT2D eigenvalue weighted by atomic mass is 9.96. The van der Waals surface area contributed by atoms with Gasteiger partial charge in [0.2, 0.25) is 0 Å². The van der Waals surface area contributed by atoms with E-state index in [2.05, 4.69) is 27.0 Å². The number of amides is 1. The van der Waals surface area contributed by atoms with Crippen LogP contribution in [0.4, 0.5) is 4.79 Å². The first-order valence-corrected chi connectivity index (χ1v) is 13.2. The van der Waals surface area contributed by atoms with Gasteiger partial charge in [-0.3, -0.25) is 14.3 Å².